The number of benzene rings is 1. The lowest BCUT2D eigenvalue weighted by Gasteiger charge is -2.18. The van der Waals surface area contributed by atoms with Crippen molar-refractivity contribution in [1.82, 2.24) is 5.32 Å². The maximum Gasteiger partial charge on any atom is 0.0439 e. The second-order valence-electron chi connectivity index (χ2n) is 4.34. The van der Waals surface area contributed by atoms with Crippen LogP contribution in [0, 0.1) is 0 Å². The molecule has 0 aliphatic rings. The van der Waals surface area contributed by atoms with E-state index in [9.17, 15) is 0 Å². The van der Waals surface area contributed by atoms with Crippen LogP contribution in [0.4, 0.5) is 0 Å². The summed E-state index contributed by atoms with van der Waals surface area (Å²) in [6.45, 7) is 5.35. The van der Waals surface area contributed by atoms with Crippen LogP contribution in [0.5, 0.6) is 0 Å². The first kappa shape index (κ1) is 14.8. The van der Waals surface area contributed by atoms with Gasteiger partial charge in [-0.15, -0.1) is 0 Å². The van der Waals surface area contributed by atoms with E-state index in [0.29, 0.717) is 6.04 Å². The zero-order valence-electron chi connectivity index (χ0n) is 10.6. The molecule has 1 N–H and O–H groups in total. The molecule has 0 aliphatic carbocycles. The molecule has 3 heteroatoms. The molecule has 0 aliphatic heterocycles. The molecule has 1 unspecified atom stereocenters. The van der Waals surface area contributed by atoms with Crippen LogP contribution in [0.15, 0.2) is 18.2 Å². The molecule has 0 bridgehead atoms. The standard InChI is InChI=1S/C14H21Cl2N/c1-3-5-6-13(17-4-2)10-11-9-12(15)7-8-14(11)16/h7-9,13,17H,3-6,10H2,1-2H3. The van der Waals surface area contributed by atoms with E-state index in [-0.39, 0.29) is 0 Å². The van der Waals surface area contributed by atoms with Crippen LogP contribution < -0.4 is 5.32 Å². The molecule has 0 saturated heterocycles. The van der Waals surface area contributed by atoms with Gasteiger partial charge in [0.1, 0.15) is 0 Å². The zero-order valence-corrected chi connectivity index (χ0v) is 12.1. The van der Waals surface area contributed by atoms with E-state index in [1.165, 1.54) is 19.3 Å². The van der Waals surface area contributed by atoms with Gasteiger partial charge in [0.05, 0.1) is 0 Å². The van der Waals surface area contributed by atoms with E-state index in [4.69, 9.17) is 23.2 Å². The summed E-state index contributed by atoms with van der Waals surface area (Å²) < 4.78 is 0. The molecule has 0 amide bonds. The first-order chi connectivity index (χ1) is 8.17. The maximum atomic E-state index is 6.19. The fraction of sp³-hybridized carbons (Fsp3) is 0.571. The van der Waals surface area contributed by atoms with Crippen molar-refractivity contribution < 1.29 is 0 Å². The number of halogens is 2. The monoisotopic (exact) mass is 273 g/mol. The Bertz CT molecular complexity index is 339. The van der Waals surface area contributed by atoms with Crippen molar-refractivity contribution in [3.8, 4) is 0 Å². The molecular formula is C14H21Cl2N. The Kier molecular flexibility index (Phi) is 6.94. The van der Waals surface area contributed by atoms with Crippen LogP contribution in [0.3, 0.4) is 0 Å². The highest BCUT2D eigenvalue weighted by atomic mass is 35.5. The van der Waals surface area contributed by atoms with Crippen LogP contribution in [0.2, 0.25) is 10.0 Å². The van der Waals surface area contributed by atoms with Crippen molar-refractivity contribution in [3.63, 3.8) is 0 Å². The molecule has 17 heavy (non-hydrogen) atoms. The van der Waals surface area contributed by atoms with Crippen LogP contribution in [-0.2, 0) is 6.42 Å². The van der Waals surface area contributed by atoms with Gasteiger partial charge in [0.25, 0.3) is 0 Å². The third-order valence-corrected chi connectivity index (χ3v) is 3.48. The summed E-state index contributed by atoms with van der Waals surface area (Å²) in [5, 5.41) is 5.08. The Morgan fingerprint density at radius 2 is 2.00 bits per heavy atom. The fourth-order valence-corrected chi connectivity index (χ4v) is 2.37. The molecule has 0 spiro atoms. The van der Waals surface area contributed by atoms with Gasteiger partial charge in [-0.05, 0) is 43.1 Å². The summed E-state index contributed by atoms with van der Waals surface area (Å²) >= 11 is 12.2. The molecule has 1 atom stereocenters. The average Bonchev–Trinajstić information content (AvgIpc) is 2.31. The Hall–Kier alpha value is -0.240. The summed E-state index contributed by atoms with van der Waals surface area (Å²) in [5.41, 5.74) is 1.14. The number of hydrogen-bond donors (Lipinski definition) is 1. The zero-order chi connectivity index (χ0) is 12.7. The van der Waals surface area contributed by atoms with Crippen LogP contribution in [0.1, 0.15) is 38.7 Å². The lowest BCUT2D eigenvalue weighted by Crippen LogP contribution is -2.31. The highest BCUT2D eigenvalue weighted by Crippen LogP contribution is 2.22. The molecule has 0 fully saturated rings. The third-order valence-electron chi connectivity index (χ3n) is 2.87. The minimum atomic E-state index is 0.496. The third kappa shape index (κ3) is 5.29. The Morgan fingerprint density at radius 3 is 2.65 bits per heavy atom. The van der Waals surface area contributed by atoms with Gasteiger partial charge in [0.2, 0.25) is 0 Å². The predicted octanol–water partition coefficient (Wildman–Crippen LogP) is 4.70. The van der Waals surface area contributed by atoms with Gasteiger partial charge in [0.15, 0.2) is 0 Å². The summed E-state index contributed by atoms with van der Waals surface area (Å²) in [7, 11) is 0. The van der Waals surface area contributed by atoms with Crippen LogP contribution >= 0.6 is 23.2 Å². The predicted molar refractivity (Wildman–Crippen MR) is 77.2 cm³/mol. The van der Waals surface area contributed by atoms with E-state index in [1.807, 2.05) is 18.2 Å². The molecular weight excluding hydrogens is 253 g/mol. The van der Waals surface area contributed by atoms with Crippen molar-refractivity contribution in [3.05, 3.63) is 33.8 Å². The Morgan fingerprint density at radius 1 is 1.24 bits per heavy atom. The van der Waals surface area contributed by atoms with Crippen molar-refractivity contribution in [1.29, 1.82) is 0 Å². The quantitative estimate of drug-likeness (QED) is 0.759. The van der Waals surface area contributed by atoms with E-state index < -0.39 is 0 Å². The van der Waals surface area contributed by atoms with Gasteiger partial charge in [-0.3, -0.25) is 0 Å². The van der Waals surface area contributed by atoms with Gasteiger partial charge in [0, 0.05) is 16.1 Å². The Labute approximate surface area is 115 Å². The minimum Gasteiger partial charge on any atom is -0.314 e. The van der Waals surface area contributed by atoms with Gasteiger partial charge in [-0.1, -0.05) is 49.9 Å². The van der Waals surface area contributed by atoms with Crippen LogP contribution in [0.25, 0.3) is 0 Å². The van der Waals surface area contributed by atoms with E-state index in [2.05, 4.69) is 19.2 Å². The molecule has 0 saturated carbocycles. The molecule has 1 nitrogen and oxygen atoms in total. The molecule has 0 aromatic heterocycles. The van der Waals surface area contributed by atoms with Gasteiger partial charge >= 0.3 is 0 Å². The topological polar surface area (TPSA) is 12.0 Å². The smallest absolute Gasteiger partial charge is 0.0439 e. The minimum absolute atomic E-state index is 0.496. The summed E-state index contributed by atoms with van der Waals surface area (Å²) in [5.74, 6) is 0. The first-order valence-corrected chi connectivity index (χ1v) is 7.10. The normalized spacial score (nSPS) is 12.7. The number of nitrogens with one attached hydrogen (secondary N) is 1. The van der Waals surface area contributed by atoms with E-state index in [1.54, 1.807) is 0 Å². The lowest BCUT2D eigenvalue weighted by atomic mass is 10.0. The second-order valence-corrected chi connectivity index (χ2v) is 5.18. The number of unbranched alkanes of at least 4 members (excludes halogenated alkanes) is 1. The summed E-state index contributed by atoms with van der Waals surface area (Å²) in [6, 6.07) is 6.18. The van der Waals surface area contributed by atoms with Crippen LogP contribution in [-0.4, -0.2) is 12.6 Å². The van der Waals surface area contributed by atoms with Crippen molar-refractivity contribution in [2.75, 3.05) is 6.54 Å². The Balaban J connectivity index is 2.67. The molecule has 96 valence electrons. The molecule has 1 aromatic rings. The molecule has 1 rings (SSSR count). The van der Waals surface area contributed by atoms with Gasteiger partial charge < -0.3 is 5.32 Å². The molecule has 1 aromatic carbocycles. The SMILES string of the molecule is CCCCC(Cc1cc(Cl)ccc1Cl)NCC. The number of likely N-dealkylation sites (N-methyl/N-ethyl adjacent to an activating group) is 1. The van der Waals surface area contributed by atoms with E-state index >= 15 is 0 Å². The summed E-state index contributed by atoms with van der Waals surface area (Å²) in [6.07, 6.45) is 4.61. The molecule has 0 heterocycles. The average molecular weight is 274 g/mol. The first-order valence-electron chi connectivity index (χ1n) is 6.34. The van der Waals surface area contributed by atoms with Gasteiger partial charge in [-0.25, -0.2) is 0 Å². The largest absolute Gasteiger partial charge is 0.314 e. The number of rotatable bonds is 7. The highest BCUT2D eigenvalue weighted by Gasteiger charge is 2.10. The van der Waals surface area contributed by atoms with E-state index in [0.717, 1.165) is 28.6 Å². The van der Waals surface area contributed by atoms with Gasteiger partial charge in [-0.2, -0.15) is 0 Å². The highest BCUT2D eigenvalue weighted by molar-refractivity contribution is 6.33. The maximum absolute atomic E-state index is 6.19. The second kappa shape index (κ2) is 7.97. The molecule has 0 radical (unpaired) electrons. The fourth-order valence-electron chi connectivity index (χ4n) is 1.98. The summed E-state index contributed by atoms with van der Waals surface area (Å²) in [4.78, 5) is 0. The van der Waals surface area contributed by atoms with Crippen molar-refractivity contribution in [2.45, 2.75) is 45.6 Å². The lowest BCUT2D eigenvalue weighted by molar-refractivity contribution is 0.473. The number of hydrogen-bond acceptors (Lipinski definition) is 1. The van der Waals surface area contributed by atoms with Crippen molar-refractivity contribution >= 4 is 23.2 Å². The van der Waals surface area contributed by atoms with Crippen molar-refractivity contribution in [2.24, 2.45) is 0 Å².